The van der Waals surface area contributed by atoms with Crippen molar-refractivity contribution in [2.24, 2.45) is 0 Å². The van der Waals surface area contributed by atoms with Gasteiger partial charge in [0.25, 0.3) is 0 Å². The number of amides is 1. The van der Waals surface area contributed by atoms with Gasteiger partial charge in [-0.05, 0) is 56.5 Å². The lowest BCUT2D eigenvalue weighted by Gasteiger charge is -2.41. The Morgan fingerprint density at radius 2 is 2.00 bits per heavy atom. The van der Waals surface area contributed by atoms with Crippen LogP contribution in [0.1, 0.15) is 36.8 Å². The molecule has 0 saturated heterocycles. The van der Waals surface area contributed by atoms with E-state index in [1.54, 1.807) is 12.1 Å². The van der Waals surface area contributed by atoms with E-state index in [-0.39, 0.29) is 23.7 Å². The Morgan fingerprint density at radius 1 is 1.21 bits per heavy atom. The summed E-state index contributed by atoms with van der Waals surface area (Å²) in [5.74, 6) is 0.587. The molecule has 148 valence electrons. The fourth-order valence-corrected chi connectivity index (χ4v) is 4.41. The molecule has 0 aromatic heterocycles. The molecule has 1 aliphatic heterocycles. The zero-order valence-corrected chi connectivity index (χ0v) is 16.3. The molecule has 1 N–H and O–H groups in total. The minimum Gasteiger partial charge on any atom is -0.485 e. The fourth-order valence-electron chi connectivity index (χ4n) is 4.41. The van der Waals surface area contributed by atoms with Crippen molar-refractivity contribution >= 4 is 5.91 Å². The van der Waals surface area contributed by atoms with E-state index in [4.69, 9.17) is 4.74 Å². The average molecular weight is 382 g/mol. The third-order valence-corrected chi connectivity index (χ3v) is 6.04. The van der Waals surface area contributed by atoms with Gasteiger partial charge in [-0.3, -0.25) is 4.79 Å². The molecule has 4 rings (SSSR count). The number of nitrogens with zero attached hydrogens (tertiary/aromatic N) is 1. The maximum Gasteiger partial charge on any atom is 0.227 e. The second kappa shape index (κ2) is 7.92. The Kier molecular flexibility index (Phi) is 5.36. The van der Waals surface area contributed by atoms with E-state index in [1.807, 2.05) is 36.2 Å². The van der Waals surface area contributed by atoms with Crippen molar-refractivity contribution in [1.29, 1.82) is 0 Å². The highest BCUT2D eigenvalue weighted by Crippen LogP contribution is 2.38. The Labute approximate surface area is 165 Å². The van der Waals surface area contributed by atoms with Crippen LogP contribution in [0.25, 0.3) is 0 Å². The lowest BCUT2D eigenvalue weighted by molar-refractivity contribution is -0.134. The molecule has 28 heavy (non-hydrogen) atoms. The van der Waals surface area contributed by atoms with Gasteiger partial charge in [0.2, 0.25) is 5.91 Å². The van der Waals surface area contributed by atoms with E-state index in [9.17, 15) is 9.18 Å². The number of hydrogen-bond donors (Lipinski definition) is 1. The van der Waals surface area contributed by atoms with Crippen molar-refractivity contribution in [3.05, 3.63) is 65.5 Å². The fraction of sp³-hybridized carbons (Fsp3) is 0.435. The van der Waals surface area contributed by atoms with Crippen LogP contribution in [0.4, 0.5) is 4.39 Å². The zero-order valence-electron chi connectivity index (χ0n) is 16.3. The second-order valence-corrected chi connectivity index (χ2v) is 8.01. The van der Waals surface area contributed by atoms with E-state index in [1.165, 1.54) is 12.1 Å². The molecule has 1 spiro atoms. The number of nitrogens with one attached hydrogen (secondary N) is 1. The average Bonchev–Trinajstić information content (AvgIpc) is 2.85. The van der Waals surface area contributed by atoms with Crippen molar-refractivity contribution in [2.75, 3.05) is 13.6 Å². The Hall–Kier alpha value is -2.40. The Balaban J connectivity index is 1.58. The summed E-state index contributed by atoms with van der Waals surface area (Å²) in [5.41, 5.74) is 1.39. The highest BCUT2D eigenvalue weighted by atomic mass is 19.1. The summed E-state index contributed by atoms with van der Waals surface area (Å²) in [6, 6.07) is 14.8. The zero-order chi connectivity index (χ0) is 19.6. The minimum absolute atomic E-state index is 0.0148. The first-order valence-corrected chi connectivity index (χ1v) is 10.0. The maximum absolute atomic E-state index is 13.5. The number of para-hydroxylation sites is 1. The molecular formula is C23H27FN2O2. The molecule has 2 aliphatic rings. The quantitative estimate of drug-likeness (QED) is 0.880. The van der Waals surface area contributed by atoms with Crippen LogP contribution in [-0.4, -0.2) is 36.0 Å². The smallest absolute Gasteiger partial charge is 0.227 e. The monoisotopic (exact) mass is 382 g/mol. The van der Waals surface area contributed by atoms with Gasteiger partial charge in [-0.2, -0.15) is 0 Å². The van der Waals surface area contributed by atoms with E-state index >= 15 is 0 Å². The molecule has 0 atom stereocenters. The molecule has 2 aromatic carbocycles. The Bertz CT molecular complexity index is 846. The van der Waals surface area contributed by atoms with Crippen LogP contribution in [0.2, 0.25) is 0 Å². The lowest BCUT2D eigenvalue weighted by atomic mass is 9.81. The SMILES string of the molecule is CNC1CCC2(CC1)CN(C(=O)Cc1cccc(F)c1)Cc1ccccc1O2. The standard InChI is InChI=1S/C23H27FN2O2/c1-25-20-9-11-23(12-10-20)16-26(15-18-6-2-3-8-21(18)28-23)22(27)14-17-5-4-7-19(24)13-17/h2-8,13,20,25H,9-12,14-16H2,1H3. The number of ether oxygens (including phenoxy) is 1. The molecule has 1 aliphatic carbocycles. The summed E-state index contributed by atoms with van der Waals surface area (Å²) in [5, 5.41) is 3.36. The van der Waals surface area contributed by atoms with E-state index in [2.05, 4.69) is 5.32 Å². The largest absolute Gasteiger partial charge is 0.485 e. The van der Waals surface area contributed by atoms with Crippen LogP contribution in [0.5, 0.6) is 5.75 Å². The van der Waals surface area contributed by atoms with Crippen LogP contribution in [0.15, 0.2) is 48.5 Å². The first kappa shape index (κ1) is 18.9. The van der Waals surface area contributed by atoms with Gasteiger partial charge in [0, 0.05) is 18.2 Å². The summed E-state index contributed by atoms with van der Waals surface area (Å²) >= 11 is 0. The third kappa shape index (κ3) is 4.04. The summed E-state index contributed by atoms with van der Waals surface area (Å²) in [6.07, 6.45) is 4.09. The van der Waals surface area contributed by atoms with Gasteiger partial charge in [-0.1, -0.05) is 30.3 Å². The second-order valence-electron chi connectivity index (χ2n) is 8.01. The summed E-state index contributed by atoms with van der Waals surface area (Å²) < 4.78 is 20.1. The molecular weight excluding hydrogens is 355 g/mol. The normalized spacial score (nSPS) is 24.4. The highest BCUT2D eigenvalue weighted by molar-refractivity contribution is 5.79. The van der Waals surface area contributed by atoms with E-state index in [0.717, 1.165) is 37.0 Å². The minimum atomic E-state index is -0.350. The van der Waals surface area contributed by atoms with Crippen LogP contribution in [-0.2, 0) is 17.8 Å². The summed E-state index contributed by atoms with van der Waals surface area (Å²) in [6.45, 7) is 1.10. The van der Waals surface area contributed by atoms with Gasteiger partial charge in [-0.15, -0.1) is 0 Å². The topological polar surface area (TPSA) is 41.6 Å². The Morgan fingerprint density at radius 3 is 2.75 bits per heavy atom. The predicted octanol–water partition coefficient (Wildman–Crippen LogP) is 3.69. The van der Waals surface area contributed by atoms with Gasteiger partial charge in [0.1, 0.15) is 17.2 Å². The molecule has 1 saturated carbocycles. The number of carbonyl (C=O) groups excluding carboxylic acids is 1. The first-order valence-electron chi connectivity index (χ1n) is 10.0. The number of halogens is 1. The van der Waals surface area contributed by atoms with Crippen molar-refractivity contribution in [3.8, 4) is 5.75 Å². The van der Waals surface area contributed by atoms with Gasteiger partial charge in [-0.25, -0.2) is 4.39 Å². The van der Waals surface area contributed by atoms with Crippen LogP contribution in [0.3, 0.4) is 0 Å². The number of fused-ring (bicyclic) bond motifs is 1. The maximum atomic E-state index is 13.5. The molecule has 1 fully saturated rings. The molecule has 1 amide bonds. The van der Waals surface area contributed by atoms with E-state index in [0.29, 0.717) is 24.7 Å². The molecule has 4 nitrogen and oxygen atoms in total. The van der Waals surface area contributed by atoms with Gasteiger partial charge in [0.05, 0.1) is 13.0 Å². The first-order chi connectivity index (χ1) is 13.6. The molecule has 5 heteroatoms. The summed E-state index contributed by atoms with van der Waals surface area (Å²) in [4.78, 5) is 15.0. The number of hydrogen-bond acceptors (Lipinski definition) is 3. The molecule has 2 aromatic rings. The van der Waals surface area contributed by atoms with Gasteiger partial charge >= 0.3 is 0 Å². The van der Waals surface area contributed by atoms with Crippen molar-refractivity contribution in [2.45, 2.75) is 50.3 Å². The van der Waals surface area contributed by atoms with Crippen LogP contribution < -0.4 is 10.1 Å². The number of carbonyl (C=O) groups is 1. The van der Waals surface area contributed by atoms with Gasteiger partial charge in [0.15, 0.2) is 0 Å². The van der Waals surface area contributed by atoms with Crippen molar-refractivity contribution in [1.82, 2.24) is 10.2 Å². The predicted molar refractivity (Wildman–Crippen MR) is 107 cm³/mol. The highest BCUT2D eigenvalue weighted by Gasteiger charge is 2.41. The molecule has 0 radical (unpaired) electrons. The van der Waals surface area contributed by atoms with Crippen LogP contribution in [0, 0.1) is 5.82 Å². The third-order valence-electron chi connectivity index (χ3n) is 6.04. The summed E-state index contributed by atoms with van der Waals surface area (Å²) in [7, 11) is 2.00. The lowest BCUT2D eigenvalue weighted by Crippen LogP contribution is -2.51. The van der Waals surface area contributed by atoms with Crippen LogP contribution >= 0.6 is 0 Å². The molecule has 1 heterocycles. The van der Waals surface area contributed by atoms with Gasteiger partial charge < -0.3 is 15.0 Å². The molecule has 0 unspecified atom stereocenters. The molecule has 0 bridgehead atoms. The number of rotatable bonds is 3. The number of benzene rings is 2. The van der Waals surface area contributed by atoms with Crippen molar-refractivity contribution < 1.29 is 13.9 Å². The van der Waals surface area contributed by atoms with E-state index < -0.39 is 0 Å². The van der Waals surface area contributed by atoms with Crippen molar-refractivity contribution in [3.63, 3.8) is 0 Å².